The molecule has 0 bridgehead atoms. The monoisotopic (exact) mass is 706 g/mol. The minimum absolute atomic E-state index is 0.0540. The van der Waals surface area contributed by atoms with Crippen LogP contribution < -0.4 is 10.1 Å². The van der Waals surface area contributed by atoms with Gasteiger partial charge in [0.2, 0.25) is 5.90 Å². The zero-order chi connectivity index (χ0) is 33.3. The fraction of sp³-hybridized carbons (Fsp3) is 0.200. The number of aliphatic hydroxyl groups excluding tert-OH is 1. The number of nitrogens with zero attached hydrogens (tertiary/aromatic N) is 1. The molecule has 5 aromatic rings. The number of aliphatic imine (C=N–C) groups is 1. The molecular formula is C40H36BrFN2O4. The lowest BCUT2D eigenvalue weighted by molar-refractivity contribution is -0.128. The van der Waals surface area contributed by atoms with E-state index in [2.05, 4.69) is 33.4 Å². The third-order valence-corrected chi connectivity index (χ3v) is 9.18. The Labute approximate surface area is 288 Å². The highest BCUT2D eigenvalue weighted by atomic mass is 79.9. The van der Waals surface area contributed by atoms with Crippen molar-refractivity contribution >= 4 is 27.7 Å². The molecule has 1 aliphatic rings. The van der Waals surface area contributed by atoms with Crippen molar-refractivity contribution in [2.75, 3.05) is 19.8 Å². The Kier molecular flexibility index (Phi) is 10.6. The second-order valence-corrected chi connectivity index (χ2v) is 12.5. The number of hydrogen-bond acceptors (Lipinski definition) is 5. The summed E-state index contributed by atoms with van der Waals surface area (Å²) in [6, 6.07) is 39.9. The summed E-state index contributed by atoms with van der Waals surface area (Å²) in [5.74, 6) is 0.375. The summed E-state index contributed by atoms with van der Waals surface area (Å²) in [6.45, 7) is 0.677. The van der Waals surface area contributed by atoms with Crippen LogP contribution >= 0.6 is 15.9 Å². The van der Waals surface area contributed by atoms with E-state index in [1.54, 1.807) is 18.2 Å². The van der Waals surface area contributed by atoms with E-state index in [0.717, 1.165) is 26.7 Å². The first-order valence-corrected chi connectivity index (χ1v) is 16.8. The SMILES string of the molecule is O=C(NCCc1ccccc1F)[C@]1(Cc2ccccc2Br)N=C(c2ccc(OCCCO)cc2)O[C@@H]1c1ccc(-c2ccccc2)cc1. The first-order chi connectivity index (χ1) is 23.5. The summed E-state index contributed by atoms with van der Waals surface area (Å²) in [4.78, 5) is 19.7. The van der Waals surface area contributed by atoms with Crippen molar-refractivity contribution in [3.63, 3.8) is 0 Å². The predicted molar refractivity (Wildman–Crippen MR) is 190 cm³/mol. The second-order valence-electron chi connectivity index (χ2n) is 11.6. The van der Waals surface area contributed by atoms with Gasteiger partial charge >= 0.3 is 0 Å². The summed E-state index contributed by atoms with van der Waals surface area (Å²) in [6.07, 6.45) is 0.344. The zero-order valence-corrected chi connectivity index (χ0v) is 27.9. The number of carbonyl (C=O) groups is 1. The summed E-state index contributed by atoms with van der Waals surface area (Å²) < 4.78 is 27.7. The minimum atomic E-state index is -1.39. The molecule has 1 heterocycles. The Morgan fingerprint density at radius 3 is 2.19 bits per heavy atom. The van der Waals surface area contributed by atoms with Gasteiger partial charge in [-0.05, 0) is 70.6 Å². The van der Waals surface area contributed by atoms with E-state index in [4.69, 9.17) is 19.6 Å². The molecule has 0 aliphatic carbocycles. The molecule has 0 fully saturated rings. The van der Waals surface area contributed by atoms with Crippen LogP contribution in [0.5, 0.6) is 5.75 Å². The molecule has 2 N–H and O–H groups in total. The summed E-state index contributed by atoms with van der Waals surface area (Å²) in [5.41, 5.74) is 3.66. The molecule has 0 aromatic heterocycles. The molecule has 0 saturated carbocycles. The molecule has 0 saturated heterocycles. The van der Waals surface area contributed by atoms with Gasteiger partial charge in [0.05, 0.1) is 6.61 Å². The van der Waals surface area contributed by atoms with Crippen molar-refractivity contribution in [2.24, 2.45) is 4.99 Å². The Bertz CT molecular complexity index is 1870. The number of aliphatic hydroxyl groups is 1. The number of rotatable bonds is 13. The number of amides is 1. The van der Waals surface area contributed by atoms with Crippen LogP contribution in [-0.2, 0) is 22.4 Å². The number of hydrogen-bond donors (Lipinski definition) is 2. The van der Waals surface area contributed by atoms with Crippen molar-refractivity contribution in [3.8, 4) is 16.9 Å². The third kappa shape index (κ3) is 7.51. The van der Waals surface area contributed by atoms with E-state index in [0.29, 0.717) is 42.2 Å². The van der Waals surface area contributed by atoms with Crippen LogP contribution in [0.25, 0.3) is 11.1 Å². The van der Waals surface area contributed by atoms with E-state index in [9.17, 15) is 9.18 Å². The van der Waals surface area contributed by atoms with Crippen molar-refractivity contribution < 1.29 is 23.8 Å². The molecule has 5 aromatic carbocycles. The molecule has 0 radical (unpaired) electrons. The molecule has 244 valence electrons. The van der Waals surface area contributed by atoms with Crippen LogP contribution in [0.2, 0.25) is 0 Å². The number of halogens is 2. The molecule has 48 heavy (non-hydrogen) atoms. The maximum absolute atomic E-state index is 14.6. The number of carbonyl (C=O) groups excluding carboxylic acids is 1. The van der Waals surface area contributed by atoms with Crippen LogP contribution in [0.1, 0.15) is 34.8 Å². The first-order valence-electron chi connectivity index (χ1n) is 16.0. The quantitative estimate of drug-likeness (QED) is 0.122. The van der Waals surface area contributed by atoms with E-state index in [1.807, 2.05) is 91.0 Å². The van der Waals surface area contributed by atoms with Gasteiger partial charge in [-0.15, -0.1) is 0 Å². The molecular weight excluding hydrogens is 671 g/mol. The maximum Gasteiger partial charge on any atom is 0.252 e. The highest BCUT2D eigenvalue weighted by Gasteiger charge is 2.53. The number of benzene rings is 5. The smallest absolute Gasteiger partial charge is 0.252 e. The summed E-state index contributed by atoms with van der Waals surface area (Å²) in [5, 5.41) is 12.2. The fourth-order valence-electron chi connectivity index (χ4n) is 5.86. The van der Waals surface area contributed by atoms with Crippen LogP contribution in [0.15, 0.2) is 137 Å². The van der Waals surface area contributed by atoms with E-state index < -0.39 is 11.6 Å². The van der Waals surface area contributed by atoms with E-state index in [1.165, 1.54) is 6.07 Å². The molecule has 8 heteroatoms. The summed E-state index contributed by atoms with van der Waals surface area (Å²) in [7, 11) is 0. The normalized spacial score (nSPS) is 17.0. The number of ether oxygens (including phenoxy) is 2. The molecule has 1 amide bonds. The first kappa shape index (κ1) is 33.1. The predicted octanol–water partition coefficient (Wildman–Crippen LogP) is 7.87. The van der Waals surface area contributed by atoms with Gasteiger partial charge in [0, 0.05) is 36.0 Å². The van der Waals surface area contributed by atoms with Crippen molar-refractivity contribution in [1.82, 2.24) is 5.32 Å². The molecule has 6 rings (SSSR count). The average molecular weight is 708 g/mol. The minimum Gasteiger partial charge on any atom is -0.494 e. The molecule has 6 nitrogen and oxygen atoms in total. The Hall–Kier alpha value is -4.79. The van der Waals surface area contributed by atoms with Gasteiger partial charge in [-0.25, -0.2) is 9.38 Å². The topological polar surface area (TPSA) is 80.2 Å². The summed E-state index contributed by atoms with van der Waals surface area (Å²) >= 11 is 3.68. The molecule has 2 atom stereocenters. The van der Waals surface area contributed by atoms with Crippen molar-refractivity contribution in [2.45, 2.75) is 30.9 Å². The third-order valence-electron chi connectivity index (χ3n) is 8.41. The van der Waals surface area contributed by atoms with Crippen LogP contribution in [0.4, 0.5) is 4.39 Å². The highest BCUT2D eigenvalue weighted by Crippen LogP contribution is 2.44. The Morgan fingerprint density at radius 1 is 0.833 bits per heavy atom. The van der Waals surface area contributed by atoms with Gasteiger partial charge in [0.1, 0.15) is 11.6 Å². The maximum atomic E-state index is 14.6. The fourth-order valence-corrected chi connectivity index (χ4v) is 6.29. The second kappa shape index (κ2) is 15.4. The molecule has 1 aliphatic heterocycles. The number of nitrogens with one attached hydrogen (secondary N) is 1. The van der Waals surface area contributed by atoms with Gasteiger partial charge in [-0.2, -0.15) is 0 Å². The lowest BCUT2D eigenvalue weighted by Gasteiger charge is -2.31. The van der Waals surface area contributed by atoms with Crippen molar-refractivity contribution in [3.05, 3.63) is 160 Å². The average Bonchev–Trinajstić information content (AvgIpc) is 3.51. The van der Waals surface area contributed by atoms with Crippen molar-refractivity contribution in [1.29, 1.82) is 0 Å². The standard InChI is InChI=1S/C40H36BrFN2O4/c41-35-13-6-4-12-33(35)27-40(39(46)43-24-23-30-11-5-7-14-36(30)42)37(31-17-15-29(16-18-31)28-9-2-1-3-10-28)48-38(44-40)32-19-21-34(22-20-32)47-26-8-25-45/h1-7,9-22,37,45H,8,23-27H2,(H,43,46)/t37-,40-/m1/s1. The lowest BCUT2D eigenvalue weighted by atomic mass is 9.81. The van der Waals surface area contributed by atoms with Gasteiger partial charge < -0.3 is 19.9 Å². The van der Waals surface area contributed by atoms with Gasteiger partial charge in [0.25, 0.3) is 5.91 Å². The zero-order valence-electron chi connectivity index (χ0n) is 26.3. The Balaban J connectivity index is 1.39. The Morgan fingerprint density at radius 2 is 1.48 bits per heavy atom. The molecule has 0 unspecified atom stereocenters. The molecule has 0 spiro atoms. The van der Waals surface area contributed by atoms with Crippen LogP contribution in [0.3, 0.4) is 0 Å². The van der Waals surface area contributed by atoms with Crippen LogP contribution in [0, 0.1) is 5.82 Å². The van der Waals surface area contributed by atoms with Crippen LogP contribution in [-0.4, -0.2) is 42.2 Å². The highest BCUT2D eigenvalue weighted by molar-refractivity contribution is 9.10. The van der Waals surface area contributed by atoms with Gasteiger partial charge in [0.15, 0.2) is 11.6 Å². The lowest BCUT2D eigenvalue weighted by Crippen LogP contribution is -2.50. The van der Waals surface area contributed by atoms with E-state index >= 15 is 0 Å². The van der Waals surface area contributed by atoms with Gasteiger partial charge in [-0.3, -0.25) is 4.79 Å². The van der Waals surface area contributed by atoms with Gasteiger partial charge in [-0.1, -0.05) is 107 Å². The van der Waals surface area contributed by atoms with E-state index in [-0.39, 0.29) is 31.3 Å². The largest absolute Gasteiger partial charge is 0.494 e.